The molecule has 8 rings (SSSR count). The Balaban J connectivity index is 1.04. The van der Waals surface area contributed by atoms with Gasteiger partial charge in [-0.05, 0) is 91.3 Å². The van der Waals surface area contributed by atoms with Crippen molar-refractivity contribution in [3.63, 3.8) is 0 Å². The maximum atomic E-state index is 13.8. The number of esters is 2. The zero-order valence-corrected chi connectivity index (χ0v) is 28.0. The number of hydrogen-bond donors (Lipinski definition) is 0. The Kier molecular flexibility index (Phi) is 8.39. The minimum absolute atomic E-state index is 0.0434. The summed E-state index contributed by atoms with van der Waals surface area (Å²) in [7, 11) is 0. The fourth-order valence-electron chi connectivity index (χ4n) is 5.88. The number of ether oxygens (including phenoxy) is 4. The van der Waals surface area contributed by atoms with Crippen LogP contribution in [0.4, 0.5) is 11.4 Å². The third kappa shape index (κ3) is 6.80. The molecule has 0 spiro atoms. The summed E-state index contributed by atoms with van der Waals surface area (Å²) in [6.07, 6.45) is 5.52. The van der Waals surface area contributed by atoms with Gasteiger partial charge >= 0.3 is 11.9 Å². The monoisotopic (exact) mass is 694 g/mol. The maximum Gasteiger partial charge on any atom is 0.345 e. The fourth-order valence-corrected chi connectivity index (χ4v) is 5.88. The number of hydrogen-bond acceptors (Lipinski definition) is 9. The number of benzene rings is 6. The second kappa shape index (κ2) is 13.6. The Morgan fingerprint density at radius 2 is 1.06 bits per heavy atom. The predicted molar refractivity (Wildman–Crippen MR) is 198 cm³/mol. The van der Waals surface area contributed by atoms with E-state index in [9.17, 15) is 14.4 Å². The van der Waals surface area contributed by atoms with Gasteiger partial charge < -0.3 is 18.9 Å². The molecule has 9 nitrogen and oxygen atoms in total. The molecular formula is C44H26N2O7. The molecule has 0 aromatic heterocycles. The molecule has 53 heavy (non-hydrogen) atoms. The molecule has 0 bridgehead atoms. The summed E-state index contributed by atoms with van der Waals surface area (Å²) in [5.74, 6) is 3.53. The van der Waals surface area contributed by atoms with Crippen LogP contribution in [0.3, 0.4) is 0 Å². The van der Waals surface area contributed by atoms with Gasteiger partial charge in [0, 0.05) is 28.8 Å². The lowest BCUT2D eigenvalue weighted by Gasteiger charge is -2.10. The molecule has 0 saturated carbocycles. The van der Waals surface area contributed by atoms with Gasteiger partial charge in [0.1, 0.15) is 23.0 Å². The van der Waals surface area contributed by atoms with Crippen LogP contribution >= 0.6 is 0 Å². The van der Waals surface area contributed by atoms with Crippen LogP contribution in [0.5, 0.6) is 23.0 Å². The van der Waals surface area contributed by atoms with E-state index in [1.165, 1.54) is 12.1 Å². The van der Waals surface area contributed by atoms with Gasteiger partial charge in [-0.15, -0.1) is 6.42 Å². The molecule has 6 aromatic carbocycles. The summed E-state index contributed by atoms with van der Waals surface area (Å²) in [6, 6.07) is 38.2. The number of carbonyl (C=O) groups is 3. The largest absolute Gasteiger partial charge is 0.457 e. The number of carbonyl (C=O) groups excluding carboxylic acids is 3. The molecule has 0 unspecified atom stereocenters. The van der Waals surface area contributed by atoms with Crippen molar-refractivity contribution in [2.45, 2.75) is 6.92 Å². The minimum atomic E-state index is -0.585. The molecule has 6 aromatic rings. The van der Waals surface area contributed by atoms with E-state index in [-0.39, 0.29) is 39.8 Å². The second-order valence-electron chi connectivity index (χ2n) is 12.2. The number of ketones is 1. The van der Waals surface area contributed by atoms with Crippen LogP contribution in [0, 0.1) is 19.3 Å². The number of cyclic esters (lactones) is 2. The highest BCUT2D eigenvalue weighted by Crippen LogP contribution is 2.32. The van der Waals surface area contributed by atoms with E-state index in [1.807, 2.05) is 49.4 Å². The summed E-state index contributed by atoms with van der Waals surface area (Å²) in [5, 5.41) is 0. The SMILES string of the molecule is C#Cc1cccc(/N=C2\OC(=O)c3ccc(C(=O)c4ccc5c(c4)/C(=N/c4cccc(Oc6cccc(Oc7cccc(C)c7)c6)c4)OC5=O)cc32)c1. The Morgan fingerprint density at radius 1 is 0.566 bits per heavy atom. The van der Waals surface area contributed by atoms with Gasteiger partial charge in [-0.2, -0.15) is 0 Å². The van der Waals surface area contributed by atoms with Crippen molar-refractivity contribution in [2.75, 3.05) is 0 Å². The third-order valence-electron chi connectivity index (χ3n) is 8.40. The number of aliphatic imine (C=N–C) groups is 2. The molecule has 0 N–H and O–H groups in total. The Bertz CT molecular complexity index is 2610. The van der Waals surface area contributed by atoms with Crippen LogP contribution in [0.15, 0.2) is 143 Å². The first kappa shape index (κ1) is 32.6. The molecule has 0 saturated heterocycles. The van der Waals surface area contributed by atoms with E-state index in [1.54, 1.807) is 78.9 Å². The zero-order valence-electron chi connectivity index (χ0n) is 28.0. The van der Waals surface area contributed by atoms with E-state index >= 15 is 0 Å². The first-order chi connectivity index (χ1) is 25.8. The van der Waals surface area contributed by atoms with Crippen LogP contribution in [-0.4, -0.2) is 29.5 Å². The summed E-state index contributed by atoms with van der Waals surface area (Å²) >= 11 is 0. The zero-order chi connectivity index (χ0) is 36.5. The van der Waals surface area contributed by atoms with E-state index < -0.39 is 11.9 Å². The first-order valence-corrected chi connectivity index (χ1v) is 16.4. The summed E-state index contributed by atoms with van der Waals surface area (Å²) in [4.78, 5) is 48.3. The van der Waals surface area contributed by atoms with E-state index in [4.69, 9.17) is 25.4 Å². The summed E-state index contributed by atoms with van der Waals surface area (Å²) < 4.78 is 23.1. The van der Waals surface area contributed by atoms with Crippen molar-refractivity contribution in [1.29, 1.82) is 0 Å². The van der Waals surface area contributed by atoms with Gasteiger partial charge in [-0.1, -0.05) is 48.4 Å². The molecule has 0 radical (unpaired) electrons. The Morgan fingerprint density at radius 3 is 1.62 bits per heavy atom. The lowest BCUT2D eigenvalue weighted by Crippen LogP contribution is -2.06. The van der Waals surface area contributed by atoms with Gasteiger partial charge in [0.15, 0.2) is 5.78 Å². The van der Waals surface area contributed by atoms with Crippen molar-refractivity contribution in [1.82, 2.24) is 0 Å². The Hall–Kier alpha value is -7.57. The normalized spacial score (nSPS) is 14.3. The molecule has 2 aliphatic heterocycles. The minimum Gasteiger partial charge on any atom is -0.457 e. The van der Waals surface area contributed by atoms with Crippen molar-refractivity contribution in [3.8, 4) is 35.3 Å². The molecular weight excluding hydrogens is 668 g/mol. The topological polar surface area (TPSA) is 113 Å². The number of rotatable bonds is 8. The highest BCUT2D eigenvalue weighted by atomic mass is 16.6. The fraction of sp³-hybridized carbons (Fsp3) is 0.0227. The summed E-state index contributed by atoms with van der Waals surface area (Å²) in [6.45, 7) is 2.00. The maximum absolute atomic E-state index is 13.8. The molecule has 0 atom stereocenters. The quantitative estimate of drug-likeness (QED) is 0.0887. The van der Waals surface area contributed by atoms with E-state index in [2.05, 4.69) is 15.9 Å². The van der Waals surface area contributed by atoms with Crippen molar-refractivity contribution < 1.29 is 33.3 Å². The molecule has 9 heteroatoms. The van der Waals surface area contributed by atoms with Gasteiger partial charge in [-0.25, -0.2) is 19.6 Å². The Labute approximate surface area is 303 Å². The van der Waals surface area contributed by atoms with Crippen LogP contribution in [-0.2, 0) is 9.47 Å². The smallest absolute Gasteiger partial charge is 0.345 e. The molecule has 2 heterocycles. The number of aryl methyl sites for hydroxylation is 1. The number of terminal acetylenes is 1. The first-order valence-electron chi connectivity index (χ1n) is 16.4. The van der Waals surface area contributed by atoms with Gasteiger partial charge in [0.05, 0.1) is 33.6 Å². The average Bonchev–Trinajstić information content (AvgIpc) is 3.65. The molecule has 254 valence electrons. The molecule has 2 aliphatic rings. The van der Waals surface area contributed by atoms with Crippen LogP contribution in [0.1, 0.15) is 58.9 Å². The van der Waals surface area contributed by atoms with Crippen molar-refractivity contribution in [2.24, 2.45) is 9.98 Å². The van der Waals surface area contributed by atoms with Gasteiger partial charge in [0.25, 0.3) is 0 Å². The molecule has 0 aliphatic carbocycles. The van der Waals surface area contributed by atoms with E-state index in [0.717, 1.165) is 11.3 Å². The second-order valence-corrected chi connectivity index (χ2v) is 12.2. The van der Waals surface area contributed by atoms with Crippen molar-refractivity contribution >= 4 is 40.9 Å². The number of fused-ring (bicyclic) bond motifs is 2. The van der Waals surface area contributed by atoms with Crippen molar-refractivity contribution in [3.05, 3.63) is 178 Å². The van der Waals surface area contributed by atoms with Gasteiger partial charge in [-0.3, -0.25) is 4.79 Å². The van der Waals surface area contributed by atoms with E-state index in [0.29, 0.717) is 45.3 Å². The number of nitrogens with zero attached hydrogens (tertiary/aromatic N) is 2. The standard InChI is InChI=1S/C44H26N2O7/c1-3-27-9-5-10-30(21-27)45-41-38-22-28(16-18-36(38)43(48)52-41)40(47)29-17-19-37-39(23-29)42(53-44(37)49)46-31-11-6-13-33(24-31)51-35-15-7-14-34(25-35)50-32-12-4-8-26(2)20-32/h1,4-25H,2H3/b45-41-,46-42-. The summed E-state index contributed by atoms with van der Waals surface area (Å²) in [5.41, 5.74) is 4.53. The lowest BCUT2D eigenvalue weighted by molar-refractivity contribution is 0.0727. The predicted octanol–water partition coefficient (Wildman–Crippen LogP) is 9.29. The average molecular weight is 695 g/mol. The highest BCUT2D eigenvalue weighted by molar-refractivity contribution is 6.21. The highest BCUT2D eigenvalue weighted by Gasteiger charge is 2.31. The molecule has 0 fully saturated rings. The van der Waals surface area contributed by atoms with Crippen LogP contribution in [0.2, 0.25) is 0 Å². The lowest BCUT2D eigenvalue weighted by atomic mass is 9.96. The van der Waals surface area contributed by atoms with Gasteiger partial charge in [0.2, 0.25) is 11.8 Å². The van der Waals surface area contributed by atoms with Crippen LogP contribution < -0.4 is 9.47 Å². The van der Waals surface area contributed by atoms with Crippen LogP contribution in [0.25, 0.3) is 0 Å². The molecule has 0 amide bonds. The third-order valence-corrected chi connectivity index (χ3v) is 8.40.